The van der Waals surface area contributed by atoms with Crippen molar-refractivity contribution in [3.05, 3.63) is 121 Å². The molecule has 0 radical (unpaired) electrons. The van der Waals surface area contributed by atoms with Crippen LogP contribution in [0, 0.1) is 0 Å². The Hall–Kier alpha value is -5.00. The van der Waals surface area contributed by atoms with E-state index in [0.29, 0.717) is 5.82 Å². The molecule has 8 rings (SSSR count). The predicted molar refractivity (Wildman–Crippen MR) is 162 cm³/mol. The number of aromatic nitrogens is 4. The number of pyridine rings is 2. The highest BCUT2D eigenvalue weighted by atomic mass is 32.1. The highest BCUT2D eigenvalue weighted by molar-refractivity contribution is 7.26. The van der Waals surface area contributed by atoms with Gasteiger partial charge in [-0.3, -0.25) is 0 Å². The van der Waals surface area contributed by atoms with Crippen molar-refractivity contribution in [1.82, 2.24) is 19.9 Å². The SMILES string of the molecule is c1ccc(-c2nc(-c3cccc(-c4nc5ccccc5c5ccccc45)n3)nc3c2sc2ccccc23)cc1. The largest absolute Gasteiger partial charge is 0.245 e. The number of nitrogens with zero attached hydrogens (tertiary/aromatic N) is 4. The molecule has 8 aromatic rings. The first-order valence-electron chi connectivity index (χ1n) is 12.8. The van der Waals surface area contributed by atoms with Gasteiger partial charge in [-0.05, 0) is 29.7 Å². The van der Waals surface area contributed by atoms with E-state index in [0.717, 1.165) is 60.2 Å². The molecule has 0 aliphatic rings. The summed E-state index contributed by atoms with van der Waals surface area (Å²) in [5, 5.41) is 4.51. The van der Waals surface area contributed by atoms with Crippen LogP contribution in [0.4, 0.5) is 0 Å². The molecule has 0 N–H and O–H groups in total. The Morgan fingerprint density at radius 1 is 0.436 bits per heavy atom. The third-order valence-corrected chi connectivity index (χ3v) is 8.26. The first kappa shape index (κ1) is 22.0. The molecule has 0 aliphatic carbocycles. The molecule has 182 valence electrons. The van der Waals surface area contributed by atoms with Crippen LogP contribution >= 0.6 is 11.3 Å². The summed E-state index contributed by atoms with van der Waals surface area (Å²) in [6, 6.07) is 41.4. The number of fused-ring (bicyclic) bond motifs is 6. The van der Waals surface area contributed by atoms with Crippen molar-refractivity contribution in [3.63, 3.8) is 0 Å². The lowest BCUT2D eigenvalue weighted by atomic mass is 10.0. The molecule has 0 atom stereocenters. The average Bonchev–Trinajstić information content (AvgIpc) is 3.39. The van der Waals surface area contributed by atoms with Gasteiger partial charge in [0.1, 0.15) is 5.69 Å². The minimum absolute atomic E-state index is 0.608. The van der Waals surface area contributed by atoms with Crippen LogP contribution in [0.1, 0.15) is 0 Å². The smallest absolute Gasteiger partial charge is 0.179 e. The molecule has 0 saturated heterocycles. The Balaban J connectivity index is 1.38. The predicted octanol–water partition coefficient (Wildman–Crippen LogP) is 8.94. The van der Waals surface area contributed by atoms with Crippen LogP contribution in [0.3, 0.4) is 0 Å². The molecular weight excluding hydrogens is 496 g/mol. The lowest BCUT2D eigenvalue weighted by molar-refractivity contribution is 1.18. The summed E-state index contributed by atoms with van der Waals surface area (Å²) in [7, 11) is 0. The molecule has 4 aromatic carbocycles. The van der Waals surface area contributed by atoms with Crippen molar-refractivity contribution in [1.29, 1.82) is 0 Å². The Kier molecular flexibility index (Phi) is 4.96. The van der Waals surface area contributed by atoms with Gasteiger partial charge < -0.3 is 0 Å². The molecule has 0 bridgehead atoms. The maximum absolute atomic E-state index is 5.10. The Morgan fingerprint density at radius 3 is 2.00 bits per heavy atom. The van der Waals surface area contributed by atoms with E-state index in [9.17, 15) is 0 Å². The van der Waals surface area contributed by atoms with Gasteiger partial charge in [0, 0.05) is 26.4 Å². The number of rotatable bonds is 3. The third-order valence-electron chi connectivity index (χ3n) is 7.10. The Bertz CT molecular complexity index is 2180. The molecule has 5 heteroatoms. The van der Waals surface area contributed by atoms with Gasteiger partial charge in [0.2, 0.25) is 0 Å². The average molecular weight is 517 g/mol. The van der Waals surface area contributed by atoms with E-state index in [1.165, 1.54) is 10.1 Å². The Labute approximate surface area is 228 Å². The number of thiophene rings is 1. The second-order valence-corrected chi connectivity index (χ2v) is 10.5. The fraction of sp³-hybridized carbons (Fsp3) is 0. The van der Waals surface area contributed by atoms with Crippen LogP contribution in [-0.4, -0.2) is 19.9 Å². The third kappa shape index (κ3) is 3.59. The topological polar surface area (TPSA) is 51.6 Å². The summed E-state index contributed by atoms with van der Waals surface area (Å²) >= 11 is 1.73. The summed E-state index contributed by atoms with van der Waals surface area (Å²) in [6.07, 6.45) is 0. The molecule has 0 amide bonds. The fourth-order valence-corrected chi connectivity index (χ4v) is 6.44. The first-order valence-corrected chi connectivity index (χ1v) is 13.7. The van der Waals surface area contributed by atoms with Crippen LogP contribution in [0.5, 0.6) is 0 Å². The minimum Gasteiger partial charge on any atom is -0.245 e. The van der Waals surface area contributed by atoms with Gasteiger partial charge in [-0.25, -0.2) is 19.9 Å². The van der Waals surface area contributed by atoms with E-state index in [4.69, 9.17) is 19.9 Å². The van der Waals surface area contributed by atoms with E-state index in [2.05, 4.69) is 78.9 Å². The van der Waals surface area contributed by atoms with Crippen molar-refractivity contribution >= 4 is 53.3 Å². The molecule has 0 saturated carbocycles. The zero-order chi connectivity index (χ0) is 25.8. The fourth-order valence-electron chi connectivity index (χ4n) is 5.29. The molecule has 4 nitrogen and oxygen atoms in total. The maximum Gasteiger partial charge on any atom is 0.179 e. The zero-order valence-electron chi connectivity index (χ0n) is 20.7. The van der Waals surface area contributed by atoms with E-state index < -0.39 is 0 Å². The van der Waals surface area contributed by atoms with Crippen molar-refractivity contribution in [2.24, 2.45) is 0 Å². The minimum atomic E-state index is 0.608. The molecule has 0 fully saturated rings. The van der Waals surface area contributed by atoms with E-state index in [-0.39, 0.29) is 0 Å². The van der Waals surface area contributed by atoms with Gasteiger partial charge in [-0.15, -0.1) is 11.3 Å². The van der Waals surface area contributed by atoms with E-state index >= 15 is 0 Å². The summed E-state index contributed by atoms with van der Waals surface area (Å²) in [6.45, 7) is 0. The lowest BCUT2D eigenvalue weighted by Crippen LogP contribution is -1.97. The number of benzene rings is 4. The highest BCUT2D eigenvalue weighted by Gasteiger charge is 2.18. The molecule has 0 unspecified atom stereocenters. The van der Waals surface area contributed by atoms with Crippen LogP contribution in [-0.2, 0) is 0 Å². The van der Waals surface area contributed by atoms with Gasteiger partial charge in [-0.1, -0.05) is 97.1 Å². The number of para-hydroxylation sites is 1. The van der Waals surface area contributed by atoms with Crippen molar-refractivity contribution in [2.45, 2.75) is 0 Å². The van der Waals surface area contributed by atoms with Gasteiger partial charge in [0.25, 0.3) is 0 Å². The molecule has 0 aliphatic heterocycles. The van der Waals surface area contributed by atoms with E-state index in [1.54, 1.807) is 11.3 Å². The van der Waals surface area contributed by atoms with E-state index in [1.807, 2.05) is 42.5 Å². The van der Waals surface area contributed by atoms with Gasteiger partial charge in [0.15, 0.2) is 5.82 Å². The molecule has 4 aromatic heterocycles. The second kappa shape index (κ2) is 8.79. The zero-order valence-corrected chi connectivity index (χ0v) is 21.6. The van der Waals surface area contributed by atoms with Crippen LogP contribution in [0.2, 0.25) is 0 Å². The normalized spacial score (nSPS) is 11.6. The second-order valence-electron chi connectivity index (χ2n) is 9.47. The monoisotopic (exact) mass is 516 g/mol. The van der Waals surface area contributed by atoms with Gasteiger partial charge in [0.05, 0.1) is 32.8 Å². The van der Waals surface area contributed by atoms with Crippen molar-refractivity contribution in [2.75, 3.05) is 0 Å². The summed E-state index contributed by atoms with van der Waals surface area (Å²) < 4.78 is 2.29. The highest BCUT2D eigenvalue weighted by Crippen LogP contribution is 2.39. The molecule has 39 heavy (non-hydrogen) atoms. The standard InChI is InChI=1S/C34H20N4S/c1-2-11-21(12-3-1)30-33-32(25-16-7-9-20-29(25)39-33)38-34(37-30)28-19-10-18-27(35-28)31-24-15-5-4-13-22(24)23-14-6-8-17-26(23)36-31/h1-20H. The van der Waals surface area contributed by atoms with Crippen LogP contribution in [0.25, 0.3) is 76.1 Å². The number of hydrogen-bond donors (Lipinski definition) is 0. The van der Waals surface area contributed by atoms with Crippen molar-refractivity contribution < 1.29 is 0 Å². The first-order chi connectivity index (χ1) is 19.3. The van der Waals surface area contributed by atoms with Gasteiger partial charge >= 0.3 is 0 Å². The molecule has 4 heterocycles. The summed E-state index contributed by atoms with van der Waals surface area (Å²) in [4.78, 5) is 20.3. The van der Waals surface area contributed by atoms with Crippen LogP contribution in [0.15, 0.2) is 121 Å². The van der Waals surface area contributed by atoms with Crippen LogP contribution < -0.4 is 0 Å². The number of hydrogen-bond acceptors (Lipinski definition) is 5. The lowest BCUT2D eigenvalue weighted by Gasteiger charge is -2.11. The quantitative estimate of drug-likeness (QED) is 0.220. The maximum atomic E-state index is 5.10. The molecule has 0 spiro atoms. The Morgan fingerprint density at radius 2 is 1.13 bits per heavy atom. The van der Waals surface area contributed by atoms with Crippen molar-refractivity contribution in [3.8, 4) is 34.2 Å². The summed E-state index contributed by atoms with van der Waals surface area (Å²) in [5.41, 5.74) is 6.29. The summed E-state index contributed by atoms with van der Waals surface area (Å²) in [5.74, 6) is 0.608. The van der Waals surface area contributed by atoms with Gasteiger partial charge in [-0.2, -0.15) is 0 Å². The molecular formula is C34H20N4S.